The zero-order valence-corrected chi connectivity index (χ0v) is 9.41. The third-order valence-corrected chi connectivity index (χ3v) is 3.17. The van der Waals surface area contributed by atoms with Crippen molar-refractivity contribution in [2.24, 2.45) is 5.73 Å². The fraction of sp³-hybridized carbons (Fsp3) is 0.333. The number of carbonyl (C=O) groups is 1. The summed E-state index contributed by atoms with van der Waals surface area (Å²) < 4.78 is 1.71. The van der Waals surface area contributed by atoms with Gasteiger partial charge in [0.1, 0.15) is 0 Å². The fourth-order valence-electron chi connectivity index (χ4n) is 2.24. The van der Waals surface area contributed by atoms with E-state index in [1.54, 1.807) is 15.6 Å². The second-order valence-corrected chi connectivity index (χ2v) is 4.39. The highest BCUT2D eigenvalue weighted by molar-refractivity contribution is 6.00. The Balaban J connectivity index is 1.96. The molecule has 5 nitrogen and oxygen atoms in total. The summed E-state index contributed by atoms with van der Waals surface area (Å²) in [5.41, 5.74) is 7.31. The van der Waals surface area contributed by atoms with Gasteiger partial charge >= 0.3 is 0 Å². The normalized spacial score (nSPS) is 20.1. The number of likely N-dealkylation sites (tertiary alicyclic amines) is 1. The van der Waals surface area contributed by atoms with Crippen molar-refractivity contribution in [3.8, 4) is 0 Å². The van der Waals surface area contributed by atoms with Crippen molar-refractivity contribution < 1.29 is 4.79 Å². The van der Waals surface area contributed by atoms with Crippen molar-refractivity contribution in [1.29, 1.82) is 0 Å². The molecule has 1 atom stereocenters. The minimum Gasteiger partial charge on any atom is -0.337 e. The number of nitrogens with two attached hydrogens (primary N) is 1. The van der Waals surface area contributed by atoms with Gasteiger partial charge in [0.2, 0.25) is 0 Å². The number of carbonyl (C=O) groups excluding carboxylic acids is 1. The molecule has 1 saturated heterocycles. The number of amides is 1. The minimum atomic E-state index is 0.0270. The van der Waals surface area contributed by atoms with Gasteiger partial charge < -0.3 is 10.6 Å². The molecule has 2 aromatic heterocycles. The van der Waals surface area contributed by atoms with E-state index in [1.807, 2.05) is 24.4 Å². The molecule has 17 heavy (non-hydrogen) atoms. The van der Waals surface area contributed by atoms with Crippen LogP contribution in [0.5, 0.6) is 0 Å². The number of fused-ring (bicyclic) bond motifs is 1. The molecule has 0 unspecified atom stereocenters. The first-order valence-electron chi connectivity index (χ1n) is 5.73. The van der Waals surface area contributed by atoms with E-state index in [0.29, 0.717) is 12.1 Å². The van der Waals surface area contributed by atoms with Gasteiger partial charge in [-0.2, -0.15) is 5.10 Å². The first kappa shape index (κ1) is 10.3. The molecule has 0 bridgehead atoms. The first-order valence-corrected chi connectivity index (χ1v) is 5.73. The average Bonchev–Trinajstić information content (AvgIpc) is 2.94. The quantitative estimate of drug-likeness (QED) is 0.776. The predicted molar refractivity (Wildman–Crippen MR) is 63.7 cm³/mol. The third kappa shape index (κ3) is 1.68. The van der Waals surface area contributed by atoms with Crippen molar-refractivity contribution >= 4 is 11.4 Å². The molecule has 2 N–H and O–H groups in total. The number of nitrogens with zero attached hydrogens (tertiary/aromatic N) is 3. The Morgan fingerprint density at radius 3 is 3.12 bits per heavy atom. The van der Waals surface area contributed by atoms with Gasteiger partial charge in [0, 0.05) is 25.3 Å². The van der Waals surface area contributed by atoms with Crippen LogP contribution in [0, 0.1) is 0 Å². The molecule has 1 amide bonds. The van der Waals surface area contributed by atoms with E-state index in [1.165, 1.54) is 0 Å². The van der Waals surface area contributed by atoms with Gasteiger partial charge in [-0.15, -0.1) is 0 Å². The van der Waals surface area contributed by atoms with Crippen LogP contribution in [0.25, 0.3) is 5.52 Å². The van der Waals surface area contributed by atoms with E-state index in [2.05, 4.69) is 5.10 Å². The average molecular weight is 230 g/mol. The summed E-state index contributed by atoms with van der Waals surface area (Å²) in [6.45, 7) is 1.38. The topological polar surface area (TPSA) is 63.6 Å². The van der Waals surface area contributed by atoms with Gasteiger partial charge in [0.15, 0.2) is 0 Å². The maximum Gasteiger partial charge on any atom is 0.257 e. The highest BCUT2D eigenvalue weighted by Gasteiger charge is 2.26. The molecule has 0 saturated carbocycles. The lowest BCUT2D eigenvalue weighted by molar-refractivity contribution is 0.0793. The van der Waals surface area contributed by atoms with Crippen molar-refractivity contribution in [3.63, 3.8) is 0 Å². The Hall–Kier alpha value is -1.88. The summed E-state index contributed by atoms with van der Waals surface area (Å²) in [6, 6.07) is 5.81. The summed E-state index contributed by atoms with van der Waals surface area (Å²) in [5.74, 6) is 0.0270. The van der Waals surface area contributed by atoms with Gasteiger partial charge in [-0.3, -0.25) is 4.79 Å². The lowest BCUT2D eigenvalue weighted by Crippen LogP contribution is -2.31. The van der Waals surface area contributed by atoms with Crippen LogP contribution >= 0.6 is 0 Å². The van der Waals surface area contributed by atoms with Crippen LogP contribution in [0.15, 0.2) is 30.6 Å². The largest absolute Gasteiger partial charge is 0.337 e. The summed E-state index contributed by atoms with van der Waals surface area (Å²) in [5, 5.41) is 4.17. The minimum absolute atomic E-state index is 0.0270. The number of pyridine rings is 1. The van der Waals surface area contributed by atoms with Gasteiger partial charge in [-0.25, -0.2) is 4.52 Å². The van der Waals surface area contributed by atoms with Crippen LogP contribution in [-0.2, 0) is 0 Å². The molecule has 3 heterocycles. The molecule has 88 valence electrons. The standard InChI is InChI=1S/C12H14N4O/c13-9-4-6-15(8-9)12(17)10-7-14-16-5-2-1-3-11(10)16/h1-3,5,7,9H,4,6,8,13H2/t9-/m0/s1. The molecule has 5 heteroatoms. The Bertz CT molecular complexity index is 562. The number of hydrogen-bond donors (Lipinski definition) is 1. The van der Waals surface area contributed by atoms with Crippen molar-refractivity contribution in [3.05, 3.63) is 36.2 Å². The molecule has 1 fully saturated rings. The lowest BCUT2D eigenvalue weighted by Gasteiger charge is -2.14. The van der Waals surface area contributed by atoms with Gasteiger partial charge in [0.25, 0.3) is 5.91 Å². The van der Waals surface area contributed by atoms with Crippen LogP contribution in [0.3, 0.4) is 0 Å². The highest BCUT2D eigenvalue weighted by atomic mass is 16.2. The maximum atomic E-state index is 12.3. The van der Waals surface area contributed by atoms with Crippen molar-refractivity contribution in [1.82, 2.24) is 14.5 Å². The molecular formula is C12H14N4O. The fourth-order valence-corrected chi connectivity index (χ4v) is 2.24. The molecule has 0 radical (unpaired) electrons. The summed E-state index contributed by atoms with van der Waals surface area (Å²) in [4.78, 5) is 14.1. The number of aromatic nitrogens is 2. The predicted octanol–water partition coefficient (Wildman–Crippen LogP) is 0.507. The molecule has 3 rings (SSSR count). The highest BCUT2D eigenvalue weighted by Crippen LogP contribution is 2.16. The van der Waals surface area contributed by atoms with Gasteiger partial charge in [0.05, 0.1) is 17.3 Å². The van der Waals surface area contributed by atoms with Crippen LogP contribution in [-0.4, -0.2) is 39.6 Å². The van der Waals surface area contributed by atoms with E-state index >= 15 is 0 Å². The van der Waals surface area contributed by atoms with Crippen LogP contribution in [0.2, 0.25) is 0 Å². The van der Waals surface area contributed by atoms with Crippen molar-refractivity contribution in [2.45, 2.75) is 12.5 Å². The summed E-state index contributed by atoms with van der Waals surface area (Å²) in [7, 11) is 0. The Morgan fingerprint density at radius 1 is 1.47 bits per heavy atom. The zero-order chi connectivity index (χ0) is 11.8. The second-order valence-electron chi connectivity index (χ2n) is 4.39. The molecule has 1 aliphatic rings. The molecule has 0 aliphatic carbocycles. The number of hydrogen-bond acceptors (Lipinski definition) is 3. The monoisotopic (exact) mass is 230 g/mol. The van der Waals surface area contributed by atoms with Crippen LogP contribution < -0.4 is 5.73 Å². The molecule has 0 spiro atoms. The molecule has 1 aliphatic heterocycles. The maximum absolute atomic E-state index is 12.3. The summed E-state index contributed by atoms with van der Waals surface area (Å²) in [6.07, 6.45) is 4.34. The molecule has 0 aromatic carbocycles. The van der Waals surface area contributed by atoms with E-state index in [9.17, 15) is 4.79 Å². The zero-order valence-electron chi connectivity index (χ0n) is 9.41. The number of rotatable bonds is 1. The SMILES string of the molecule is N[C@H]1CCN(C(=O)c2cnn3ccccc23)C1. The Morgan fingerprint density at radius 2 is 2.35 bits per heavy atom. The van der Waals surface area contributed by atoms with Crippen LogP contribution in [0.1, 0.15) is 16.8 Å². The molecular weight excluding hydrogens is 216 g/mol. The first-order chi connectivity index (χ1) is 8.25. The van der Waals surface area contributed by atoms with Crippen LogP contribution in [0.4, 0.5) is 0 Å². The van der Waals surface area contributed by atoms with E-state index in [-0.39, 0.29) is 11.9 Å². The van der Waals surface area contributed by atoms with E-state index in [0.717, 1.165) is 18.5 Å². The van der Waals surface area contributed by atoms with Crippen molar-refractivity contribution in [2.75, 3.05) is 13.1 Å². The second kappa shape index (κ2) is 3.85. The van der Waals surface area contributed by atoms with Gasteiger partial charge in [-0.1, -0.05) is 6.07 Å². The third-order valence-electron chi connectivity index (χ3n) is 3.17. The lowest BCUT2D eigenvalue weighted by atomic mass is 10.2. The van der Waals surface area contributed by atoms with E-state index < -0.39 is 0 Å². The Labute approximate surface area is 98.8 Å². The summed E-state index contributed by atoms with van der Waals surface area (Å²) >= 11 is 0. The Kier molecular flexibility index (Phi) is 2.33. The smallest absolute Gasteiger partial charge is 0.257 e. The van der Waals surface area contributed by atoms with Gasteiger partial charge in [-0.05, 0) is 18.6 Å². The molecule has 2 aromatic rings. The van der Waals surface area contributed by atoms with E-state index in [4.69, 9.17) is 5.73 Å².